The van der Waals surface area contributed by atoms with Crippen molar-refractivity contribution in [1.29, 1.82) is 0 Å². The second-order valence-corrected chi connectivity index (χ2v) is 4.25. The molecule has 0 aliphatic heterocycles. The van der Waals surface area contributed by atoms with Gasteiger partial charge in [-0.3, -0.25) is 0 Å². The Balaban J connectivity index is 3.02. The number of nitrogens with two attached hydrogens (primary N) is 1. The molecule has 1 atom stereocenters. The van der Waals surface area contributed by atoms with Crippen LogP contribution in [0.5, 0.6) is 0 Å². The van der Waals surface area contributed by atoms with E-state index in [0.717, 1.165) is 11.1 Å². The van der Waals surface area contributed by atoms with E-state index >= 15 is 0 Å². The fourth-order valence-electron chi connectivity index (χ4n) is 1.05. The Labute approximate surface area is 94.5 Å². The molecule has 1 aromatic carbocycles. The second-order valence-electron chi connectivity index (χ2n) is 3.38. The molecule has 0 saturated heterocycles. The van der Waals surface area contributed by atoms with Gasteiger partial charge in [0.25, 0.3) is 0 Å². The first kappa shape index (κ1) is 11.6. The molecular formula is C11H13Cl2N. The van der Waals surface area contributed by atoms with Crippen molar-refractivity contribution in [3.8, 4) is 0 Å². The Kier molecular flexibility index (Phi) is 3.99. The first-order valence-corrected chi connectivity index (χ1v) is 5.14. The van der Waals surface area contributed by atoms with Gasteiger partial charge in [-0.15, -0.1) is 0 Å². The normalized spacial score (nSPS) is 14.2. The molecule has 0 aromatic heterocycles. The summed E-state index contributed by atoms with van der Waals surface area (Å²) >= 11 is 11.7. The zero-order valence-electron chi connectivity index (χ0n) is 8.22. The number of hydrogen-bond acceptors (Lipinski definition) is 1. The van der Waals surface area contributed by atoms with Crippen LogP contribution in [0.2, 0.25) is 10.0 Å². The van der Waals surface area contributed by atoms with E-state index in [0.29, 0.717) is 10.0 Å². The monoisotopic (exact) mass is 229 g/mol. The molecule has 0 spiro atoms. The third-order valence-electron chi connectivity index (χ3n) is 2.00. The molecule has 76 valence electrons. The number of rotatable bonds is 2. The summed E-state index contributed by atoms with van der Waals surface area (Å²) < 4.78 is 0. The first-order valence-electron chi connectivity index (χ1n) is 4.39. The van der Waals surface area contributed by atoms with Crippen LogP contribution < -0.4 is 5.73 Å². The highest BCUT2D eigenvalue weighted by Crippen LogP contribution is 2.21. The molecule has 1 rings (SSSR count). The lowest BCUT2D eigenvalue weighted by Gasteiger charge is -2.05. The van der Waals surface area contributed by atoms with Gasteiger partial charge in [-0.2, -0.15) is 0 Å². The highest BCUT2D eigenvalue weighted by Gasteiger charge is 1.99. The summed E-state index contributed by atoms with van der Waals surface area (Å²) in [6.07, 6.45) is 1.99. The Hall–Kier alpha value is -0.500. The quantitative estimate of drug-likeness (QED) is 0.822. The Morgan fingerprint density at radius 1 is 1.29 bits per heavy atom. The summed E-state index contributed by atoms with van der Waals surface area (Å²) in [7, 11) is 0. The smallest absolute Gasteiger partial charge is 0.0426 e. The predicted molar refractivity (Wildman–Crippen MR) is 63.8 cm³/mol. The van der Waals surface area contributed by atoms with Crippen molar-refractivity contribution in [2.45, 2.75) is 19.9 Å². The fourth-order valence-corrected chi connectivity index (χ4v) is 1.60. The van der Waals surface area contributed by atoms with E-state index in [1.54, 1.807) is 6.07 Å². The molecule has 0 aliphatic rings. The maximum Gasteiger partial charge on any atom is 0.0426 e. The van der Waals surface area contributed by atoms with Crippen LogP contribution in [0, 0.1) is 0 Å². The molecule has 0 heterocycles. The fraction of sp³-hybridized carbons (Fsp3) is 0.273. The van der Waals surface area contributed by atoms with Gasteiger partial charge in [-0.05, 0) is 37.6 Å². The lowest BCUT2D eigenvalue weighted by molar-refractivity contribution is 0.868. The van der Waals surface area contributed by atoms with Gasteiger partial charge in [-0.25, -0.2) is 0 Å². The van der Waals surface area contributed by atoms with Gasteiger partial charge in [-0.1, -0.05) is 34.9 Å². The van der Waals surface area contributed by atoms with Gasteiger partial charge in [0.2, 0.25) is 0 Å². The van der Waals surface area contributed by atoms with E-state index in [2.05, 4.69) is 0 Å². The van der Waals surface area contributed by atoms with Crippen molar-refractivity contribution in [2.75, 3.05) is 0 Å². The molecular weight excluding hydrogens is 217 g/mol. The van der Waals surface area contributed by atoms with E-state index in [4.69, 9.17) is 28.9 Å². The van der Waals surface area contributed by atoms with Crippen LogP contribution in [0.1, 0.15) is 19.4 Å². The summed E-state index contributed by atoms with van der Waals surface area (Å²) in [5.41, 5.74) is 7.81. The van der Waals surface area contributed by atoms with Crippen molar-refractivity contribution in [3.05, 3.63) is 39.4 Å². The summed E-state index contributed by atoms with van der Waals surface area (Å²) in [6, 6.07) is 5.48. The van der Waals surface area contributed by atoms with E-state index in [-0.39, 0.29) is 6.04 Å². The van der Waals surface area contributed by atoms with Crippen LogP contribution in [0.15, 0.2) is 23.8 Å². The van der Waals surface area contributed by atoms with Crippen molar-refractivity contribution in [2.24, 2.45) is 5.73 Å². The molecule has 1 aromatic rings. The lowest BCUT2D eigenvalue weighted by Crippen LogP contribution is -2.15. The van der Waals surface area contributed by atoms with E-state index in [1.165, 1.54) is 0 Å². The van der Waals surface area contributed by atoms with Gasteiger partial charge >= 0.3 is 0 Å². The summed E-state index contributed by atoms with van der Waals surface area (Å²) in [5.74, 6) is 0. The zero-order chi connectivity index (χ0) is 10.7. The number of hydrogen-bond donors (Lipinski definition) is 1. The molecule has 1 nitrogen and oxygen atoms in total. The van der Waals surface area contributed by atoms with Gasteiger partial charge in [0, 0.05) is 16.1 Å². The van der Waals surface area contributed by atoms with Gasteiger partial charge < -0.3 is 5.73 Å². The molecule has 0 fully saturated rings. The Morgan fingerprint density at radius 3 is 2.21 bits per heavy atom. The highest BCUT2D eigenvalue weighted by molar-refractivity contribution is 6.34. The van der Waals surface area contributed by atoms with Crippen molar-refractivity contribution < 1.29 is 0 Å². The van der Waals surface area contributed by atoms with Crippen LogP contribution in [-0.4, -0.2) is 6.04 Å². The molecule has 3 heteroatoms. The second kappa shape index (κ2) is 4.83. The van der Waals surface area contributed by atoms with Gasteiger partial charge in [0.1, 0.15) is 0 Å². The van der Waals surface area contributed by atoms with E-state index in [9.17, 15) is 0 Å². The highest BCUT2D eigenvalue weighted by atomic mass is 35.5. The molecule has 0 aliphatic carbocycles. The molecule has 0 amide bonds. The van der Waals surface area contributed by atoms with Crippen LogP contribution in [0.25, 0.3) is 6.08 Å². The Bertz CT molecular complexity index is 336. The predicted octanol–water partition coefficient (Wildman–Crippen LogP) is 3.74. The first-order chi connectivity index (χ1) is 6.49. The summed E-state index contributed by atoms with van der Waals surface area (Å²) in [4.78, 5) is 0. The average molecular weight is 230 g/mol. The molecule has 0 bridgehead atoms. The number of benzene rings is 1. The molecule has 0 radical (unpaired) electrons. The largest absolute Gasteiger partial charge is 0.324 e. The molecule has 0 saturated carbocycles. The standard InChI is InChI=1S/C11H13Cl2N/c1-7(8(2)14)3-9-4-10(12)6-11(13)5-9/h3-6,8H,14H2,1-2H3/b7-3+. The zero-order valence-corrected chi connectivity index (χ0v) is 9.73. The Morgan fingerprint density at radius 2 is 1.79 bits per heavy atom. The van der Waals surface area contributed by atoms with E-state index in [1.807, 2.05) is 32.1 Å². The average Bonchev–Trinajstić information content (AvgIpc) is 2.01. The number of halogens is 2. The van der Waals surface area contributed by atoms with Gasteiger partial charge in [0.05, 0.1) is 0 Å². The minimum atomic E-state index is 0.0488. The van der Waals surface area contributed by atoms with Crippen LogP contribution in [-0.2, 0) is 0 Å². The SMILES string of the molecule is C/C(=C\c1cc(Cl)cc(Cl)c1)C(C)N. The molecule has 2 N–H and O–H groups in total. The third kappa shape index (κ3) is 3.33. The van der Waals surface area contributed by atoms with E-state index < -0.39 is 0 Å². The van der Waals surface area contributed by atoms with Crippen LogP contribution >= 0.6 is 23.2 Å². The van der Waals surface area contributed by atoms with Crippen molar-refractivity contribution >= 4 is 29.3 Å². The molecule has 14 heavy (non-hydrogen) atoms. The maximum atomic E-state index is 5.87. The van der Waals surface area contributed by atoms with Crippen LogP contribution in [0.3, 0.4) is 0 Å². The maximum absolute atomic E-state index is 5.87. The van der Waals surface area contributed by atoms with Crippen LogP contribution in [0.4, 0.5) is 0 Å². The van der Waals surface area contributed by atoms with Crippen molar-refractivity contribution in [1.82, 2.24) is 0 Å². The topological polar surface area (TPSA) is 26.0 Å². The summed E-state index contributed by atoms with van der Waals surface area (Å²) in [5, 5.41) is 1.28. The van der Waals surface area contributed by atoms with Crippen molar-refractivity contribution in [3.63, 3.8) is 0 Å². The minimum Gasteiger partial charge on any atom is -0.324 e. The molecule has 1 unspecified atom stereocenters. The minimum absolute atomic E-state index is 0.0488. The summed E-state index contributed by atoms with van der Waals surface area (Å²) in [6.45, 7) is 3.93. The third-order valence-corrected chi connectivity index (χ3v) is 2.43. The lowest BCUT2D eigenvalue weighted by atomic mass is 10.1. The van der Waals surface area contributed by atoms with Gasteiger partial charge in [0.15, 0.2) is 0 Å².